The molecule has 24 heavy (non-hydrogen) atoms. The molecule has 4 rings (SSSR count). The van der Waals surface area contributed by atoms with E-state index in [2.05, 4.69) is 38.4 Å². The molecular formula is C20H19BrN2O. The van der Waals surface area contributed by atoms with E-state index in [1.165, 1.54) is 10.9 Å². The van der Waals surface area contributed by atoms with Crippen LogP contribution in [-0.2, 0) is 6.42 Å². The van der Waals surface area contributed by atoms with Gasteiger partial charge in [0.15, 0.2) is 0 Å². The van der Waals surface area contributed by atoms with Gasteiger partial charge in [-0.25, -0.2) is 0 Å². The van der Waals surface area contributed by atoms with Crippen LogP contribution in [0, 0.1) is 6.92 Å². The number of aromatic amines is 1. The van der Waals surface area contributed by atoms with Gasteiger partial charge in [0.2, 0.25) is 0 Å². The van der Waals surface area contributed by atoms with Crippen molar-refractivity contribution < 1.29 is 4.79 Å². The van der Waals surface area contributed by atoms with Gasteiger partial charge in [0.1, 0.15) is 0 Å². The third-order valence-electron chi connectivity index (χ3n) is 4.86. The van der Waals surface area contributed by atoms with Gasteiger partial charge < -0.3 is 10.3 Å². The van der Waals surface area contributed by atoms with E-state index >= 15 is 0 Å². The fourth-order valence-electron chi connectivity index (χ4n) is 3.64. The molecule has 3 aromatic rings. The molecule has 1 unspecified atom stereocenters. The Bertz CT molecular complexity index is 929. The lowest BCUT2D eigenvalue weighted by molar-refractivity contribution is 0.0931. The van der Waals surface area contributed by atoms with Crippen LogP contribution in [0.1, 0.15) is 46.1 Å². The van der Waals surface area contributed by atoms with E-state index in [9.17, 15) is 4.79 Å². The average molecular weight is 383 g/mol. The Kier molecular flexibility index (Phi) is 3.93. The molecule has 1 atom stereocenters. The van der Waals surface area contributed by atoms with Crippen molar-refractivity contribution in [3.63, 3.8) is 0 Å². The first-order chi connectivity index (χ1) is 11.6. The monoisotopic (exact) mass is 382 g/mol. The van der Waals surface area contributed by atoms with Crippen LogP contribution in [0.4, 0.5) is 0 Å². The molecule has 0 aliphatic heterocycles. The summed E-state index contributed by atoms with van der Waals surface area (Å²) in [6.07, 6.45) is 3.12. The zero-order valence-electron chi connectivity index (χ0n) is 13.5. The molecule has 0 saturated carbocycles. The molecule has 1 amide bonds. The predicted octanol–water partition coefficient (Wildman–Crippen LogP) is 5.05. The zero-order valence-corrected chi connectivity index (χ0v) is 15.1. The number of fused-ring (bicyclic) bond motifs is 3. The molecule has 0 bridgehead atoms. The summed E-state index contributed by atoms with van der Waals surface area (Å²) < 4.78 is 1.09. The van der Waals surface area contributed by atoms with Crippen molar-refractivity contribution >= 4 is 32.7 Å². The van der Waals surface area contributed by atoms with Gasteiger partial charge >= 0.3 is 0 Å². The van der Waals surface area contributed by atoms with E-state index in [0.717, 1.165) is 46.1 Å². The Hall–Kier alpha value is -2.07. The number of nitrogens with one attached hydrogen (secondary N) is 2. The van der Waals surface area contributed by atoms with Crippen LogP contribution < -0.4 is 5.32 Å². The largest absolute Gasteiger partial charge is 0.356 e. The molecule has 122 valence electrons. The lowest BCUT2D eigenvalue weighted by Crippen LogP contribution is -2.31. The van der Waals surface area contributed by atoms with Crippen molar-refractivity contribution in [2.75, 3.05) is 0 Å². The fraction of sp³-hybridized carbons (Fsp3) is 0.250. The molecule has 3 nitrogen and oxygen atoms in total. The number of H-pyrrole nitrogens is 1. The first kappa shape index (κ1) is 15.5. The second kappa shape index (κ2) is 6.10. The summed E-state index contributed by atoms with van der Waals surface area (Å²) in [7, 11) is 0. The smallest absolute Gasteiger partial charge is 0.252 e. The van der Waals surface area contributed by atoms with Gasteiger partial charge in [0.05, 0.1) is 6.04 Å². The fourth-order valence-corrected chi connectivity index (χ4v) is 4.00. The molecule has 2 aromatic carbocycles. The Morgan fingerprint density at radius 2 is 2.08 bits per heavy atom. The standard InChI is InChI=1S/C20H19BrN2O/c1-12-5-2-3-6-14(12)20(24)23-18-8-4-7-15-16-11-13(21)9-10-17(16)22-19(15)18/h2-3,5-6,9-11,18,22H,4,7-8H2,1H3,(H,23,24). The van der Waals surface area contributed by atoms with Crippen LogP contribution in [0.15, 0.2) is 46.9 Å². The lowest BCUT2D eigenvalue weighted by Gasteiger charge is -2.24. The second-order valence-corrected chi connectivity index (χ2v) is 7.36. The third-order valence-corrected chi connectivity index (χ3v) is 5.36. The minimum absolute atomic E-state index is 0.00536. The van der Waals surface area contributed by atoms with Gasteiger partial charge in [0.25, 0.3) is 5.91 Å². The molecule has 0 fully saturated rings. The Labute approximate surface area is 149 Å². The van der Waals surface area contributed by atoms with Crippen LogP contribution in [-0.4, -0.2) is 10.9 Å². The first-order valence-corrected chi connectivity index (χ1v) is 9.09. The highest BCUT2D eigenvalue weighted by Gasteiger charge is 2.26. The number of halogens is 1. The van der Waals surface area contributed by atoms with Gasteiger partial charge in [0, 0.05) is 26.6 Å². The minimum atomic E-state index is 0.00536. The maximum absolute atomic E-state index is 12.7. The zero-order chi connectivity index (χ0) is 16.7. The molecule has 1 heterocycles. The number of hydrogen-bond donors (Lipinski definition) is 2. The molecular weight excluding hydrogens is 364 g/mol. The molecule has 2 N–H and O–H groups in total. The topological polar surface area (TPSA) is 44.9 Å². The second-order valence-electron chi connectivity index (χ2n) is 6.44. The van der Waals surface area contributed by atoms with Crippen LogP contribution >= 0.6 is 15.9 Å². The van der Waals surface area contributed by atoms with Crippen molar-refractivity contribution in [3.8, 4) is 0 Å². The Morgan fingerprint density at radius 3 is 2.92 bits per heavy atom. The van der Waals surface area contributed by atoms with E-state index in [0.29, 0.717) is 0 Å². The quantitative estimate of drug-likeness (QED) is 0.639. The van der Waals surface area contributed by atoms with Crippen molar-refractivity contribution in [1.29, 1.82) is 0 Å². The summed E-state index contributed by atoms with van der Waals surface area (Å²) >= 11 is 3.56. The van der Waals surface area contributed by atoms with Crippen LogP contribution in [0.2, 0.25) is 0 Å². The van der Waals surface area contributed by atoms with Gasteiger partial charge in [-0.05, 0) is 61.6 Å². The number of aryl methyl sites for hydroxylation is 2. The van der Waals surface area contributed by atoms with Crippen LogP contribution in [0.5, 0.6) is 0 Å². The Balaban J connectivity index is 1.68. The van der Waals surface area contributed by atoms with Crippen molar-refractivity contribution in [3.05, 3.63) is 69.3 Å². The summed E-state index contributed by atoms with van der Waals surface area (Å²) in [6.45, 7) is 1.97. The number of carbonyl (C=O) groups is 1. The van der Waals surface area contributed by atoms with Crippen molar-refractivity contribution in [2.45, 2.75) is 32.2 Å². The first-order valence-electron chi connectivity index (χ1n) is 8.30. The molecule has 0 saturated heterocycles. The third kappa shape index (κ3) is 2.65. The summed E-state index contributed by atoms with van der Waals surface area (Å²) in [5.41, 5.74) is 5.40. The number of carbonyl (C=O) groups excluding carboxylic acids is 1. The molecule has 0 radical (unpaired) electrons. The summed E-state index contributed by atoms with van der Waals surface area (Å²) in [5.74, 6) is 0.00536. The normalized spacial score (nSPS) is 16.8. The van der Waals surface area contributed by atoms with E-state index in [4.69, 9.17) is 0 Å². The number of amides is 1. The van der Waals surface area contributed by atoms with Crippen LogP contribution in [0.25, 0.3) is 10.9 Å². The number of aromatic nitrogens is 1. The van der Waals surface area contributed by atoms with Crippen LogP contribution in [0.3, 0.4) is 0 Å². The van der Waals surface area contributed by atoms with E-state index < -0.39 is 0 Å². The van der Waals surface area contributed by atoms with Crippen molar-refractivity contribution in [2.24, 2.45) is 0 Å². The number of rotatable bonds is 2. The van der Waals surface area contributed by atoms with Gasteiger partial charge in [-0.1, -0.05) is 34.1 Å². The molecule has 1 aliphatic carbocycles. The molecule has 0 spiro atoms. The highest BCUT2D eigenvalue weighted by molar-refractivity contribution is 9.10. The molecule has 1 aliphatic rings. The average Bonchev–Trinajstić information content (AvgIpc) is 2.94. The van der Waals surface area contributed by atoms with Gasteiger partial charge in [-0.3, -0.25) is 4.79 Å². The number of hydrogen-bond acceptors (Lipinski definition) is 1. The highest BCUT2D eigenvalue weighted by Crippen LogP contribution is 2.36. The minimum Gasteiger partial charge on any atom is -0.356 e. The van der Waals surface area contributed by atoms with Gasteiger partial charge in [-0.15, -0.1) is 0 Å². The lowest BCUT2D eigenvalue weighted by atomic mass is 9.91. The maximum atomic E-state index is 12.7. The summed E-state index contributed by atoms with van der Waals surface area (Å²) in [4.78, 5) is 16.2. The van der Waals surface area contributed by atoms with Crippen molar-refractivity contribution in [1.82, 2.24) is 10.3 Å². The van der Waals surface area contributed by atoms with E-state index in [1.807, 2.05) is 37.3 Å². The SMILES string of the molecule is Cc1ccccc1C(=O)NC1CCCc2c1[nH]c1ccc(Br)cc21. The molecule has 1 aromatic heterocycles. The summed E-state index contributed by atoms with van der Waals surface area (Å²) in [5, 5.41) is 4.48. The van der Waals surface area contributed by atoms with Gasteiger partial charge in [-0.2, -0.15) is 0 Å². The predicted molar refractivity (Wildman–Crippen MR) is 100 cm³/mol. The number of benzene rings is 2. The maximum Gasteiger partial charge on any atom is 0.252 e. The highest BCUT2D eigenvalue weighted by atomic mass is 79.9. The summed E-state index contributed by atoms with van der Waals surface area (Å²) in [6, 6.07) is 14.1. The van der Waals surface area contributed by atoms with E-state index in [-0.39, 0.29) is 11.9 Å². The Morgan fingerprint density at radius 1 is 1.25 bits per heavy atom. The molecule has 4 heteroatoms. The van der Waals surface area contributed by atoms with E-state index in [1.54, 1.807) is 0 Å².